The number of hydrogen-bond donors (Lipinski definition) is 1. The number of carbonyl (C=O) groups excluding carboxylic acids is 1. The van der Waals surface area contributed by atoms with E-state index in [0.29, 0.717) is 16.4 Å². The van der Waals surface area contributed by atoms with Crippen molar-refractivity contribution < 1.29 is 14.7 Å². The van der Waals surface area contributed by atoms with Gasteiger partial charge in [0.1, 0.15) is 4.83 Å². The Labute approximate surface area is 159 Å². The van der Waals surface area contributed by atoms with E-state index in [9.17, 15) is 9.59 Å². The van der Waals surface area contributed by atoms with Gasteiger partial charge < -0.3 is 10.0 Å². The molecule has 1 N–H and O–H groups in total. The molecule has 136 valence electrons. The van der Waals surface area contributed by atoms with Crippen molar-refractivity contribution in [1.82, 2.24) is 14.7 Å². The highest BCUT2D eigenvalue weighted by molar-refractivity contribution is 7.20. The van der Waals surface area contributed by atoms with Crippen molar-refractivity contribution in [2.24, 2.45) is 0 Å². The summed E-state index contributed by atoms with van der Waals surface area (Å²) in [6.45, 7) is 4.39. The molecule has 3 rings (SSSR count). The Hall–Kier alpha value is -2.38. The van der Waals surface area contributed by atoms with Crippen molar-refractivity contribution in [1.29, 1.82) is 0 Å². The van der Waals surface area contributed by atoms with Crippen LogP contribution in [0.25, 0.3) is 15.9 Å². The van der Waals surface area contributed by atoms with Gasteiger partial charge in [0.2, 0.25) is 0 Å². The summed E-state index contributed by atoms with van der Waals surface area (Å²) >= 11 is 7.43. The molecule has 0 aliphatic rings. The monoisotopic (exact) mass is 391 g/mol. The zero-order chi connectivity index (χ0) is 18.8. The molecule has 6 nitrogen and oxygen atoms in total. The molecule has 2 aromatic heterocycles. The SMILES string of the molecule is CCN(CCC(=O)O)C(=O)c1cc2c(C)nn(-c3cccc(Cl)c3)c2s1. The van der Waals surface area contributed by atoms with Crippen molar-refractivity contribution in [2.75, 3.05) is 13.1 Å². The first-order valence-corrected chi connectivity index (χ1v) is 9.36. The van der Waals surface area contributed by atoms with Crippen molar-refractivity contribution >= 4 is 45.0 Å². The van der Waals surface area contributed by atoms with Crippen LogP contribution in [0.5, 0.6) is 0 Å². The molecule has 0 radical (unpaired) electrons. The number of thiophene rings is 1. The van der Waals surface area contributed by atoms with Crippen LogP contribution in [0.3, 0.4) is 0 Å². The van der Waals surface area contributed by atoms with Gasteiger partial charge in [0.25, 0.3) is 5.91 Å². The van der Waals surface area contributed by atoms with Gasteiger partial charge in [-0.1, -0.05) is 17.7 Å². The van der Waals surface area contributed by atoms with Gasteiger partial charge in [0.05, 0.1) is 22.7 Å². The number of aliphatic carboxylic acids is 1. The summed E-state index contributed by atoms with van der Waals surface area (Å²) in [4.78, 5) is 26.5. The van der Waals surface area contributed by atoms with Gasteiger partial charge in [-0.3, -0.25) is 9.59 Å². The fraction of sp³-hybridized carbons (Fsp3) is 0.278. The summed E-state index contributed by atoms with van der Waals surface area (Å²) < 4.78 is 1.78. The molecule has 1 aromatic carbocycles. The third kappa shape index (κ3) is 3.59. The molecule has 0 saturated carbocycles. The fourth-order valence-corrected chi connectivity index (χ4v) is 4.06. The molecule has 3 aromatic rings. The van der Waals surface area contributed by atoms with Crippen molar-refractivity contribution in [2.45, 2.75) is 20.3 Å². The number of carbonyl (C=O) groups is 2. The lowest BCUT2D eigenvalue weighted by Crippen LogP contribution is -2.32. The van der Waals surface area contributed by atoms with Crippen LogP contribution in [0.2, 0.25) is 5.02 Å². The van der Waals surface area contributed by atoms with Crippen LogP contribution in [0, 0.1) is 6.92 Å². The van der Waals surface area contributed by atoms with E-state index in [0.717, 1.165) is 21.6 Å². The summed E-state index contributed by atoms with van der Waals surface area (Å²) in [5.41, 5.74) is 1.65. The molecule has 0 bridgehead atoms. The number of rotatable bonds is 6. The molecule has 0 aliphatic carbocycles. The van der Waals surface area contributed by atoms with E-state index in [1.165, 1.54) is 11.3 Å². The van der Waals surface area contributed by atoms with Gasteiger partial charge in [-0.2, -0.15) is 5.10 Å². The molecular weight excluding hydrogens is 374 g/mol. The lowest BCUT2D eigenvalue weighted by Gasteiger charge is -2.18. The third-order valence-corrected chi connectivity index (χ3v) is 5.41. The number of amides is 1. The zero-order valence-corrected chi connectivity index (χ0v) is 16.0. The molecule has 8 heteroatoms. The number of carboxylic acids is 1. The maximum atomic E-state index is 12.8. The molecule has 0 spiro atoms. The Morgan fingerprint density at radius 1 is 1.35 bits per heavy atom. The second-order valence-electron chi connectivity index (χ2n) is 5.84. The molecule has 1 amide bonds. The van der Waals surface area contributed by atoms with Crippen LogP contribution in [0.4, 0.5) is 0 Å². The second kappa shape index (κ2) is 7.47. The van der Waals surface area contributed by atoms with E-state index in [2.05, 4.69) is 5.10 Å². The van der Waals surface area contributed by atoms with Gasteiger partial charge in [0, 0.05) is 23.5 Å². The highest BCUT2D eigenvalue weighted by Gasteiger charge is 2.21. The Bertz CT molecular complexity index is 979. The van der Waals surface area contributed by atoms with Crippen LogP contribution in [-0.2, 0) is 4.79 Å². The Morgan fingerprint density at radius 3 is 2.77 bits per heavy atom. The average Bonchev–Trinajstić information content (AvgIpc) is 3.16. The molecule has 0 saturated heterocycles. The number of aromatic nitrogens is 2. The quantitative estimate of drug-likeness (QED) is 0.689. The van der Waals surface area contributed by atoms with Crippen molar-refractivity contribution in [3.05, 3.63) is 45.9 Å². The molecular formula is C18H18ClN3O3S. The van der Waals surface area contributed by atoms with Gasteiger partial charge in [-0.25, -0.2) is 4.68 Å². The predicted octanol–water partition coefficient (Wildman–Crippen LogP) is 3.99. The molecule has 0 fully saturated rings. The third-order valence-electron chi connectivity index (χ3n) is 4.07. The molecule has 26 heavy (non-hydrogen) atoms. The van der Waals surface area contributed by atoms with E-state index in [1.54, 1.807) is 15.6 Å². The number of aryl methyl sites for hydroxylation is 1. The normalized spacial score (nSPS) is 11.0. The van der Waals surface area contributed by atoms with Crippen LogP contribution in [0.15, 0.2) is 30.3 Å². The number of fused-ring (bicyclic) bond motifs is 1. The van der Waals surface area contributed by atoms with Crippen molar-refractivity contribution in [3.63, 3.8) is 0 Å². The first-order chi connectivity index (χ1) is 12.4. The number of hydrogen-bond acceptors (Lipinski definition) is 4. The summed E-state index contributed by atoms with van der Waals surface area (Å²) in [5.74, 6) is -1.08. The summed E-state index contributed by atoms with van der Waals surface area (Å²) in [7, 11) is 0. The summed E-state index contributed by atoms with van der Waals surface area (Å²) in [6.07, 6.45) is -0.0696. The van der Waals surface area contributed by atoms with E-state index in [1.807, 2.05) is 38.1 Å². The van der Waals surface area contributed by atoms with Gasteiger partial charge in [0.15, 0.2) is 0 Å². The molecule has 0 atom stereocenters. The number of nitrogens with zero attached hydrogens (tertiary/aromatic N) is 3. The Morgan fingerprint density at radius 2 is 2.12 bits per heavy atom. The lowest BCUT2D eigenvalue weighted by molar-refractivity contribution is -0.137. The van der Waals surface area contributed by atoms with Gasteiger partial charge >= 0.3 is 5.97 Å². The summed E-state index contributed by atoms with van der Waals surface area (Å²) in [6, 6.07) is 9.20. The molecule has 0 aliphatic heterocycles. The fourth-order valence-electron chi connectivity index (χ4n) is 2.73. The van der Waals surface area contributed by atoms with E-state index in [-0.39, 0.29) is 18.9 Å². The van der Waals surface area contributed by atoms with E-state index >= 15 is 0 Å². The maximum Gasteiger partial charge on any atom is 0.305 e. The minimum Gasteiger partial charge on any atom is -0.481 e. The number of halogens is 1. The van der Waals surface area contributed by atoms with E-state index < -0.39 is 5.97 Å². The topological polar surface area (TPSA) is 75.4 Å². The smallest absolute Gasteiger partial charge is 0.305 e. The Kier molecular flexibility index (Phi) is 5.29. The number of benzene rings is 1. The van der Waals surface area contributed by atoms with Crippen molar-refractivity contribution in [3.8, 4) is 5.69 Å². The summed E-state index contributed by atoms with van der Waals surface area (Å²) in [5, 5.41) is 14.9. The second-order valence-corrected chi connectivity index (χ2v) is 7.30. The minimum atomic E-state index is -0.917. The predicted molar refractivity (Wildman–Crippen MR) is 103 cm³/mol. The zero-order valence-electron chi connectivity index (χ0n) is 14.4. The standard InChI is InChI=1S/C18H18ClN3O3S/c1-3-21(8-7-16(23)24)17(25)15-10-14-11(2)20-22(18(14)26-15)13-6-4-5-12(19)9-13/h4-6,9-10H,3,7-8H2,1-2H3,(H,23,24). The first kappa shape index (κ1) is 18.4. The average molecular weight is 392 g/mol. The minimum absolute atomic E-state index is 0.0696. The van der Waals surface area contributed by atoms with Crippen LogP contribution >= 0.6 is 22.9 Å². The number of carboxylic acid groups (broad SMARTS) is 1. The molecule has 2 heterocycles. The van der Waals surface area contributed by atoms with E-state index in [4.69, 9.17) is 16.7 Å². The largest absolute Gasteiger partial charge is 0.481 e. The maximum absolute atomic E-state index is 12.8. The highest BCUT2D eigenvalue weighted by Crippen LogP contribution is 2.31. The highest BCUT2D eigenvalue weighted by atomic mass is 35.5. The van der Waals surface area contributed by atoms with Gasteiger partial charge in [-0.15, -0.1) is 11.3 Å². The lowest BCUT2D eigenvalue weighted by atomic mass is 10.3. The van der Waals surface area contributed by atoms with Crippen LogP contribution in [-0.4, -0.2) is 44.8 Å². The van der Waals surface area contributed by atoms with Gasteiger partial charge in [-0.05, 0) is 38.1 Å². The first-order valence-electron chi connectivity index (χ1n) is 8.17. The van der Waals surface area contributed by atoms with Crippen LogP contribution in [0.1, 0.15) is 28.7 Å². The van der Waals surface area contributed by atoms with Crippen LogP contribution < -0.4 is 0 Å². The Balaban J connectivity index is 1.98. The molecule has 0 unspecified atom stereocenters.